The van der Waals surface area contributed by atoms with Crippen LogP contribution in [0.1, 0.15) is 21.0 Å². The maximum absolute atomic E-state index is 12.5. The Morgan fingerprint density at radius 1 is 1.35 bits per heavy atom. The number of hydrogen-bond donors (Lipinski definition) is 0. The number of ether oxygens (including phenoxy) is 2. The topological polar surface area (TPSA) is 71.5 Å². The van der Waals surface area contributed by atoms with Gasteiger partial charge in [0.15, 0.2) is 0 Å². The van der Waals surface area contributed by atoms with Gasteiger partial charge < -0.3 is 19.4 Å². The summed E-state index contributed by atoms with van der Waals surface area (Å²) >= 11 is 0.908. The SMILES string of the molecule is CO/C=C(/C(=O)[O-])c1ccccc1COc1nc(CC(F)(F)F)sc1C. The van der Waals surface area contributed by atoms with E-state index in [0.29, 0.717) is 16.0 Å². The molecular formula is C17H15F3NO4S-. The molecule has 0 N–H and O–H groups in total. The number of aromatic nitrogens is 1. The first-order valence-electron chi connectivity index (χ1n) is 7.39. The number of carboxylic acids is 1. The molecule has 26 heavy (non-hydrogen) atoms. The van der Waals surface area contributed by atoms with Gasteiger partial charge >= 0.3 is 6.18 Å². The molecule has 0 radical (unpaired) electrons. The number of carbonyl (C=O) groups is 1. The monoisotopic (exact) mass is 386 g/mol. The van der Waals surface area contributed by atoms with Gasteiger partial charge in [0.2, 0.25) is 5.88 Å². The number of alkyl halides is 3. The summed E-state index contributed by atoms with van der Waals surface area (Å²) in [5, 5.41) is 11.2. The molecule has 0 unspecified atom stereocenters. The Bertz CT molecular complexity index is 815. The number of aliphatic carboxylic acids is 1. The molecule has 0 spiro atoms. The molecule has 0 fully saturated rings. The van der Waals surface area contributed by atoms with Crippen molar-refractivity contribution >= 4 is 22.9 Å². The number of nitrogens with zero attached hydrogens (tertiary/aromatic N) is 1. The highest BCUT2D eigenvalue weighted by Crippen LogP contribution is 2.30. The number of benzene rings is 1. The molecule has 1 aromatic heterocycles. The number of hydrogen-bond acceptors (Lipinski definition) is 6. The highest BCUT2D eigenvalue weighted by atomic mass is 32.1. The Morgan fingerprint density at radius 3 is 2.65 bits per heavy atom. The van der Waals surface area contributed by atoms with Gasteiger partial charge in [-0.2, -0.15) is 13.2 Å². The number of thiazole rings is 1. The van der Waals surface area contributed by atoms with Crippen molar-refractivity contribution in [2.24, 2.45) is 0 Å². The summed E-state index contributed by atoms with van der Waals surface area (Å²) in [6.07, 6.45) is -4.42. The second-order valence-corrected chi connectivity index (χ2v) is 6.55. The summed E-state index contributed by atoms with van der Waals surface area (Å²) in [4.78, 5) is 15.7. The van der Waals surface area contributed by atoms with E-state index in [0.717, 1.165) is 17.6 Å². The summed E-state index contributed by atoms with van der Waals surface area (Å²) in [7, 11) is 1.31. The smallest absolute Gasteiger partial charge is 0.395 e. The Hall–Kier alpha value is -2.55. The van der Waals surface area contributed by atoms with Crippen molar-refractivity contribution < 1.29 is 32.5 Å². The molecule has 9 heteroatoms. The highest BCUT2D eigenvalue weighted by Gasteiger charge is 2.30. The normalized spacial score (nSPS) is 12.1. The maximum atomic E-state index is 12.5. The minimum absolute atomic E-state index is 0.0689. The van der Waals surface area contributed by atoms with Gasteiger partial charge in [0, 0.05) is 5.57 Å². The average molecular weight is 386 g/mol. The predicted molar refractivity (Wildman–Crippen MR) is 87.4 cm³/mol. The third-order valence-corrected chi connectivity index (χ3v) is 4.23. The predicted octanol–water partition coefficient (Wildman–Crippen LogP) is 2.87. The fourth-order valence-corrected chi connectivity index (χ4v) is 3.12. The number of carboxylic acid groups (broad SMARTS) is 1. The molecule has 0 aliphatic heterocycles. The minimum atomic E-state index is -4.34. The van der Waals surface area contributed by atoms with Gasteiger partial charge in [-0.15, -0.1) is 11.3 Å². The van der Waals surface area contributed by atoms with Crippen molar-refractivity contribution in [3.63, 3.8) is 0 Å². The number of methoxy groups -OCH3 is 1. The van der Waals surface area contributed by atoms with E-state index in [4.69, 9.17) is 9.47 Å². The fourth-order valence-electron chi connectivity index (χ4n) is 2.21. The van der Waals surface area contributed by atoms with Gasteiger partial charge in [0.05, 0.1) is 30.6 Å². The average Bonchev–Trinajstić information content (AvgIpc) is 2.88. The van der Waals surface area contributed by atoms with Crippen molar-refractivity contribution in [3.8, 4) is 5.88 Å². The molecule has 0 aliphatic rings. The number of halogens is 3. The molecule has 0 atom stereocenters. The summed E-state index contributed by atoms with van der Waals surface area (Å²) in [6.45, 7) is 1.54. The zero-order chi connectivity index (χ0) is 19.3. The molecule has 0 bridgehead atoms. The van der Waals surface area contributed by atoms with Crippen LogP contribution in [-0.4, -0.2) is 24.2 Å². The molecule has 0 amide bonds. The third kappa shape index (κ3) is 5.22. The standard InChI is InChI=1S/C17H16F3NO4S/c1-10-15(21-14(26-10)7-17(18,19)20)25-8-11-5-3-4-6-12(11)13(9-24-2)16(22)23/h3-6,9H,7-8H2,1-2H3,(H,22,23)/p-1/b13-9+. The lowest BCUT2D eigenvalue weighted by Crippen LogP contribution is -2.24. The fraction of sp³-hybridized carbons (Fsp3) is 0.294. The van der Waals surface area contributed by atoms with Gasteiger partial charge in [-0.1, -0.05) is 24.3 Å². The van der Waals surface area contributed by atoms with E-state index < -0.39 is 18.6 Å². The lowest BCUT2D eigenvalue weighted by atomic mass is 10.0. The van der Waals surface area contributed by atoms with Crippen LogP contribution in [0.25, 0.3) is 5.57 Å². The zero-order valence-electron chi connectivity index (χ0n) is 13.9. The molecule has 0 aliphatic carbocycles. The van der Waals surface area contributed by atoms with E-state index in [9.17, 15) is 23.1 Å². The molecule has 1 aromatic carbocycles. The summed E-state index contributed by atoms with van der Waals surface area (Å²) in [5.41, 5.74) is 0.668. The van der Waals surface area contributed by atoms with Crippen LogP contribution in [0.15, 0.2) is 30.5 Å². The van der Waals surface area contributed by atoms with Gasteiger partial charge in [-0.25, -0.2) is 4.98 Å². The first kappa shape index (κ1) is 19.8. The van der Waals surface area contributed by atoms with Crippen LogP contribution in [0.2, 0.25) is 0 Å². The van der Waals surface area contributed by atoms with Crippen molar-refractivity contribution in [2.45, 2.75) is 26.1 Å². The van der Waals surface area contributed by atoms with Crippen LogP contribution >= 0.6 is 11.3 Å². The molecule has 140 valence electrons. The third-order valence-electron chi connectivity index (χ3n) is 3.28. The molecule has 1 heterocycles. The van der Waals surface area contributed by atoms with E-state index in [1.54, 1.807) is 31.2 Å². The Labute approximate surface area is 151 Å². The summed E-state index contributed by atoms with van der Waals surface area (Å²) in [5.74, 6) is -1.33. The van der Waals surface area contributed by atoms with E-state index >= 15 is 0 Å². The number of rotatable bonds is 7. The van der Waals surface area contributed by atoms with Crippen molar-refractivity contribution in [3.05, 3.63) is 51.5 Å². The van der Waals surface area contributed by atoms with Crippen molar-refractivity contribution in [2.75, 3.05) is 7.11 Å². The van der Waals surface area contributed by atoms with Crippen LogP contribution in [0.3, 0.4) is 0 Å². The molecule has 0 saturated carbocycles. The van der Waals surface area contributed by atoms with Gasteiger partial charge in [0.25, 0.3) is 0 Å². The van der Waals surface area contributed by atoms with E-state index in [-0.39, 0.29) is 23.1 Å². The molecule has 2 rings (SSSR count). The minimum Gasteiger partial charge on any atom is -0.545 e. The van der Waals surface area contributed by atoms with Crippen molar-refractivity contribution in [1.82, 2.24) is 4.98 Å². The van der Waals surface area contributed by atoms with E-state index in [2.05, 4.69) is 4.98 Å². The summed E-state index contributed by atoms with van der Waals surface area (Å²) in [6, 6.07) is 6.52. The lowest BCUT2D eigenvalue weighted by Gasteiger charge is -2.14. The number of carbonyl (C=O) groups excluding carboxylic acids is 1. The Kier molecular flexibility index (Phi) is 6.25. The van der Waals surface area contributed by atoms with Crippen molar-refractivity contribution in [1.29, 1.82) is 0 Å². The lowest BCUT2D eigenvalue weighted by molar-refractivity contribution is -0.295. The summed E-state index contributed by atoms with van der Waals surface area (Å²) < 4.78 is 47.7. The largest absolute Gasteiger partial charge is 0.545 e. The van der Waals surface area contributed by atoms with Gasteiger partial charge in [-0.05, 0) is 18.1 Å². The van der Waals surface area contributed by atoms with E-state index in [1.165, 1.54) is 7.11 Å². The quantitative estimate of drug-likeness (QED) is 0.541. The maximum Gasteiger partial charge on any atom is 0.395 e. The van der Waals surface area contributed by atoms with Crippen LogP contribution in [0.5, 0.6) is 5.88 Å². The first-order chi connectivity index (χ1) is 12.2. The first-order valence-corrected chi connectivity index (χ1v) is 8.21. The zero-order valence-corrected chi connectivity index (χ0v) is 14.7. The molecule has 0 saturated heterocycles. The van der Waals surface area contributed by atoms with Gasteiger partial charge in [0.1, 0.15) is 11.6 Å². The highest BCUT2D eigenvalue weighted by molar-refractivity contribution is 7.11. The van der Waals surface area contributed by atoms with Crippen LogP contribution in [0, 0.1) is 6.92 Å². The van der Waals surface area contributed by atoms with Crippen LogP contribution in [0.4, 0.5) is 13.2 Å². The Balaban J connectivity index is 2.21. The Morgan fingerprint density at radius 2 is 2.04 bits per heavy atom. The van der Waals surface area contributed by atoms with Crippen LogP contribution in [-0.2, 0) is 22.6 Å². The van der Waals surface area contributed by atoms with Crippen LogP contribution < -0.4 is 9.84 Å². The van der Waals surface area contributed by atoms with Gasteiger partial charge in [-0.3, -0.25) is 0 Å². The molecular weight excluding hydrogens is 371 g/mol. The second-order valence-electron chi connectivity index (χ2n) is 5.26. The number of aryl methyl sites for hydroxylation is 1. The molecule has 2 aromatic rings. The van der Waals surface area contributed by atoms with E-state index in [1.807, 2.05) is 0 Å². The second kappa shape index (κ2) is 8.22. The molecule has 5 nitrogen and oxygen atoms in total.